The van der Waals surface area contributed by atoms with Crippen molar-refractivity contribution in [3.05, 3.63) is 48.5 Å². The van der Waals surface area contributed by atoms with E-state index >= 15 is 0 Å². The number of esters is 1. The lowest BCUT2D eigenvalue weighted by atomic mass is 9.86. The Bertz CT molecular complexity index is 1570. The fourth-order valence-corrected chi connectivity index (χ4v) is 5.18. The summed E-state index contributed by atoms with van der Waals surface area (Å²) in [6.45, 7) is 5.01. The van der Waals surface area contributed by atoms with Gasteiger partial charge in [-0.15, -0.1) is 0 Å². The molecule has 1 aromatic carbocycles. The van der Waals surface area contributed by atoms with E-state index in [9.17, 15) is 14.4 Å². The van der Waals surface area contributed by atoms with Crippen LogP contribution in [0.25, 0.3) is 16.6 Å². The summed E-state index contributed by atoms with van der Waals surface area (Å²) in [5.74, 6) is -0.345. The first-order valence-corrected chi connectivity index (χ1v) is 13.3. The highest BCUT2D eigenvalue weighted by molar-refractivity contribution is 6.09. The number of carbonyl (C=O) groups is 3. The van der Waals surface area contributed by atoms with Gasteiger partial charge in [-0.1, -0.05) is 0 Å². The van der Waals surface area contributed by atoms with E-state index in [-0.39, 0.29) is 17.9 Å². The smallest absolute Gasteiger partial charge is 0.303 e. The lowest BCUT2D eigenvalue weighted by molar-refractivity contribution is -0.163. The second kappa shape index (κ2) is 10.9. The molecule has 1 saturated carbocycles. The number of ether oxygens (including phenoxy) is 2. The molecule has 0 aliphatic heterocycles. The van der Waals surface area contributed by atoms with Crippen molar-refractivity contribution in [2.75, 3.05) is 19.0 Å². The van der Waals surface area contributed by atoms with Gasteiger partial charge in [0.1, 0.15) is 11.4 Å². The number of methoxy groups -OCH3 is 1. The number of nitrogens with zero attached hydrogens (tertiary/aromatic N) is 5. The highest BCUT2D eigenvalue weighted by Gasteiger charge is 2.32. The third-order valence-corrected chi connectivity index (χ3v) is 7.30. The lowest BCUT2D eigenvalue weighted by Gasteiger charge is -2.30. The maximum absolute atomic E-state index is 13.2. The van der Waals surface area contributed by atoms with Gasteiger partial charge in [0.2, 0.25) is 0 Å². The maximum Gasteiger partial charge on any atom is 0.303 e. The van der Waals surface area contributed by atoms with Crippen LogP contribution >= 0.6 is 0 Å². The fourth-order valence-electron chi connectivity index (χ4n) is 5.18. The van der Waals surface area contributed by atoms with Gasteiger partial charge in [0.05, 0.1) is 30.4 Å². The van der Waals surface area contributed by atoms with E-state index in [2.05, 4.69) is 20.7 Å². The molecule has 3 aromatic heterocycles. The second-order valence-corrected chi connectivity index (χ2v) is 10.6. The molecule has 2 amide bonds. The number of aromatic nitrogens is 5. The Morgan fingerprint density at radius 3 is 2.65 bits per heavy atom. The largest absolute Gasteiger partial charge is 0.496 e. The molecule has 2 N–H and O–H groups in total. The number of benzene rings is 1. The topological polar surface area (TPSA) is 142 Å². The summed E-state index contributed by atoms with van der Waals surface area (Å²) in [7, 11) is 1.53. The molecule has 40 heavy (non-hydrogen) atoms. The minimum absolute atomic E-state index is 0.213. The monoisotopic (exact) mass is 547 g/mol. The van der Waals surface area contributed by atoms with Crippen LogP contribution in [0.5, 0.6) is 5.75 Å². The van der Waals surface area contributed by atoms with Crippen LogP contribution in [0.1, 0.15) is 62.9 Å². The van der Waals surface area contributed by atoms with Gasteiger partial charge in [-0.2, -0.15) is 10.2 Å². The summed E-state index contributed by atoms with van der Waals surface area (Å²) in [4.78, 5) is 41.2. The van der Waals surface area contributed by atoms with E-state index in [1.807, 2.05) is 10.9 Å². The van der Waals surface area contributed by atoms with E-state index in [0.29, 0.717) is 35.1 Å². The van der Waals surface area contributed by atoms with Crippen LogP contribution in [0.15, 0.2) is 43.0 Å². The molecule has 4 aromatic rings. The standard InChI is InChI=1S/C28H33N7O5/c1-17(36)40-28(2,3)27(38)30-14-18-6-8-20(9-7-18)35-16-19-12-21(24(39-4)13-22(19)33-35)26(37)32-23-15-31-34-11-5-10-29-25(23)34/h5,10-13,15-16,18,20H,6-9,14H2,1-4H3,(H,30,38)(H,32,37). The van der Waals surface area contributed by atoms with Crippen molar-refractivity contribution >= 4 is 40.0 Å². The molecular formula is C28H33N7O5. The Kier molecular flexibility index (Phi) is 7.42. The predicted molar refractivity (Wildman–Crippen MR) is 147 cm³/mol. The highest BCUT2D eigenvalue weighted by atomic mass is 16.6. The second-order valence-electron chi connectivity index (χ2n) is 10.6. The number of carbonyl (C=O) groups excluding carboxylic acids is 3. The molecule has 0 spiro atoms. The molecule has 12 heteroatoms. The highest BCUT2D eigenvalue weighted by Crippen LogP contribution is 2.34. The Morgan fingerprint density at radius 1 is 1.15 bits per heavy atom. The molecular weight excluding hydrogens is 514 g/mol. The van der Waals surface area contributed by atoms with Gasteiger partial charge in [-0.25, -0.2) is 9.50 Å². The minimum atomic E-state index is -1.20. The van der Waals surface area contributed by atoms with Crippen molar-refractivity contribution in [2.24, 2.45) is 5.92 Å². The molecule has 1 fully saturated rings. The van der Waals surface area contributed by atoms with Crippen LogP contribution in [0.4, 0.5) is 5.69 Å². The van der Waals surface area contributed by atoms with Crippen molar-refractivity contribution in [3.8, 4) is 5.75 Å². The van der Waals surface area contributed by atoms with Crippen LogP contribution < -0.4 is 15.4 Å². The average Bonchev–Trinajstić information content (AvgIpc) is 3.54. The number of amides is 2. The molecule has 0 unspecified atom stereocenters. The lowest BCUT2D eigenvalue weighted by Crippen LogP contribution is -2.46. The number of anilines is 1. The molecule has 5 rings (SSSR count). The van der Waals surface area contributed by atoms with Crippen molar-refractivity contribution in [1.29, 1.82) is 0 Å². The molecule has 0 atom stereocenters. The summed E-state index contributed by atoms with van der Waals surface area (Å²) in [6, 6.07) is 5.54. The van der Waals surface area contributed by atoms with E-state index in [0.717, 1.165) is 36.6 Å². The average molecular weight is 548 g/mol. The Hall–Kier alpha value is -4.48. The van der Waals surface area contributed by atoms with E-state index in [4.69, 9.17) is 14.6 Å². The third-order valence-electron chi connectivity index (χ3n) is 7.30. The number of nitrogens with one attached hydrogen (secondary N) is 2. The molecule has 210 valence electrons. The number of hydrogen-bond donors (Lipinski definition) is 2. The summed E-state index contributed by atoms with van der Waals surface area (Å²) in [5.41, 5.74) is 0.992. The Morgan fingerprint density at radius 2 is 1.93 bits per heavy atom. The summed E-state index contributed by atoms with van der Waals surface area (Å²) in [6.07, 6.45) is 10.6. The van der Waals surface area contributed by atoms with Crippen molar-refractivity contribution in [3.63, 3.8) is 0 Å². The van der Waals surface area contributed by atoms with Gasteiger partial charge in [-0.05, 0) is 57.6 Å². The minimum Gasteiger partial charge on any atom is -0.496 e. The van der Waals surface area contributed by atoms with Gasteiger partial charge in [-0.3, -0.25) is 19.1 Å². The number of fused-ring (bicyclic) bond motifs is 2. The first-order valence-electron chi connectivity index (χ1n) is 13.3. The van der Waals surface area contributed by atoms with Crippen LogP contribution in [0.2, 0.25) is 0 Å². The molecule has 0 saturated heterocycles. The van der Waals surface area contributed by atoms with Gasteiger partial charge in [0.25, 0.3) is 11.8 Å². The Balaban J connectivity index is 1.24. The normalized spacial score (nSPS) is 17.5. The van der Waals surface area contributed by atoms with Crippen molar-refractivity contribution in [2.45, 2.75) is 58.1 Å². The van der Waals surface area contributed by atoms with Crippen LogP contribution in [0, 0.1) is 5.92 Å². The zero-order chi connectivity index (χ0) is 28.4. The van der Waals surface area contributed by atoms with Gasteiger partial charge >= 0.3 is 5.97 Å². The molecule has 1 aliphatic carbocycles. The molecule has 3 heterocycles. The number of rotatable bonds is 8. The molecule has 0 radical (unpaired) electrons. The Labute approximate surface area is 231 Å². The molecule has 12 nitrogen and oxygen atoms in total. The van der Waals surface area contributed by atoms with Crippen molar-refractivity contribution in [1.82, 2.24) is 29.7 Å². The van der Waals surface area contributed by atoms with Gasteiger partial charge in [0, 0.05) is 43.5 Å². The summed E-state index contributed by atoms with van der Waals surface area (Å²) >= 11 is 0. The molecule has 1 aliphatic rings. The van der Waals surface area contributed by atoms with Gasteiger partial charge < -0.3 is 20.1 Å². The summed E-state index contributed by atoms with van der Waals surface area (Å²) in [5, 5.41) is 15.7. The maximum atomic E-state index is 13.2. The fraction of sp³-hybridized carbons (Fsp3) is 0.429. The summed E-state index contributed by atoms with van der Waals surface area (Å²) < 4.78 is 14.2. The van der Waals surface area contributed by atoms with Gasteiger partial charge in [0.15, 0.2) is 11.2 Å². The quantitative estimate of drug-likeness (QED) is 0.319. The predicted octanol–water partition coefficient (Wildman–Crippen LogP) is 3.53. The first kappa shape index (κ1) is 27.1. The van der Waals surface area contributed by atoms with Crippen LogP contribution in [-0.4, -0.2) is 61.4 Å². The van der Waals surface area contributed by atoms with E-state index in [1.54, 1.807) is 55.2 Å². The molecule has 0 bridgehead atoms. The SMILES string of the molecule is COc1cc2nn(C3CCC(CNC(=O)C(C)(C)OC(C)=O)CC3)cc2cc1C(=O)Nc1cnn2cccnc12. The van der Waals surface area contributed by atoms with E-state index in [1.165, 1.54) is 14.0 Å². The van der Waals surface area contributed by atoms with Crippen LogP contribution in [0.3, 0.4) is 0 Å². The zero-order valence-electron chi connectivity index (χ0n) is 23.0. The van der Waals surface area contributed by atoms with Crippen molar-refractivity contribution < 1.29 is 23.9 Å². The van der Waals surface area contributed by atoms with Crippen LogP contribution in [-0.2, 0) is 14.3 Å². The number of hydrogen-bond acceptors (Lipinski definition) is 8. The third kappa shape index (κ3) is 5.61. The zero-order valence-corrected chi connectivity index (χ0v) is 23.0. The van der Waals surface area contributed by atoms with E-state index < -0.39 is 11.6 Å². The first-order chi connectivity index (χ1) is 19.1.